The zero-order valence-corrected chi connectivity index (χ0v) is 14.5. The molecule has 3 rings (SSSR count). The van der Waals surface area contributed by atoms with Gasteiger partial charge in [0.25, 0.3) is 5.91 Å². The molecule has 1 aliphatic carbocycles. The number of rotatable bonds is 7. The maximum absolute atomic E-state index is 12.2. The van der Waals surface area contributed by atoms with Crippen molar-refractivity contribution in [3.8, 4) is 0 Å². The molecule has 2 aromatic rings. The largest absolute Gasteiger partial charge is 0.350 e. The van der Waals surface area contributed by atoms with Gasteiger partial charge in [-0.3, -0.25) is 4.79 Å². The van der Waals surface area contributed by atoms with E-state index in [-0.39, 0.29) is 22.9 Å². The molecular weight excluding hydrogens is 338 g/mol. The van der Waals surface area contributed by atoms with Crippen LogP contribution in [0.5, 0.6) is 0 Å². The molecule has 0 heterocycles. The number of sulfonamides is 1. The average molecular weight is 359 g/mol. The molecule has 1 saturated carbocycles. The number of hydrogen-bond acceptors (Lipinski definition) is 4. The summed E-state index contributed by atoms with van der Waals surface area (Å²) in [6.45, 7) is 0.298. The second-order valence-electron chi connectivity index (χ2n) is 6.15. The number of nitrogens with one attached hydrogen (secondary N) is 2. The molecule has 1 atom stereocenters. The van der Waals surface area contributed by atoms with E-state index in [9.17, 15) is 13.2 Å². The van der Waals surface area contributed by atoms with Gasteiger partial charge in [-0.1, -0.05) is 30.3 Å². The quantitative estimate of drug-likeness (QED) is 0.698. The molecule has 0 bridgehead atoms. The van der Waals surface area contributed by atoms with Crippen LogP contribution in [0.3, 0.4) is 0 Å². The van der Waals surface area contributed by atoms with E-state index in [1.54, 1.807) is 0 Å². The van der Waals surface area contributed by atoms with Crippen LogP contribution in [-0.2, 0) is 10.0 Å². The number of carbonyl (C=O) groups is 1. The lowest BCUT2D eigenvalue weighted by atomic mass is 10.1. The van der Waals surface area contributed by atoms with Gasteiger partial charge < -0.3 is 11.1 Å². The summed E-state index contributed by atoms with van der Waals surface area (Å²) in [7, 11) is -3.50. The highest BCUT2D eigenvalue weighted by Gasteiger charge is 2.27. The van der Waals surface area contributed by atoms with Crippen molar-refractivity contribution in [2.45, 2.75) is 29.8 Å². The molecule has 1 fully saturated rings. The van der Waals surface area contributed by atoms with E-state index in [2.05, 4.69) is 10.0 Å². The monoisotopic (exact) mass is 359 g/mol. The topological polar surface area (TPSA) is 101 Å². The number of hydrogen-bond donors (Lipinski definition) is 3. The lowest BCUT2D eigenvalue weighted by Crippen LogP contribution is -2.32. The summed E-state index contributed by atoms with van der Waals surface area (Å²) in [5.74, 6) is -0.287. The first-order valence-electron chi connectivity index (χ1n) is 8.17. The minimum absolute atomic E-state index is 0.0486. The minimum Gasteiger partial charge on any atom is -0.350 e. The Kier molecular flexibility index (Phi) is 5.17. The van der Waals surface area contributed by atoms with Crippen LogP contribution < -0.4 is 15.8 Å². The third-order valence-corrected chi connectivity index (χ3v) is 5.57. The summed E-state index contributed by atoms with van der Waals surface area (Å²) in [5.41, 5.74) is 7.39. The first kappa shape index (κ1) is 17.6. The predicted octanol–water partition coefficient (Wildman–Crippen LogP) is 1.56. The first-order chi connectivity index (χ1) is 12.0. The molecule has 0 saturated heterocycles. The Hall–Kier alpha value is -2.22. The zero-order chi connectivity index (χ0) is 17.9. The van der Waals surface area contributed by atoms with Crippen molar-refractivity contribution in [2.24, 2.45) is 5.73 Å². The fourth-order valence-electron chi connectivity index (χ4n) is 2.40. The van der Waals surface area contributed by atoms with E-state index >= 15 is 0 Å². The van der Waals surface area contributed by atoms with Crippen molar-refractivity contribution in [1.29, 1.82) is 0 Å². The van der Waals surface area contributed by atoms with Crippen LogP contribution in [0.1, 0.15) is 34.8 Å². The van der Waals surface area contributed by atoms with E-state index < -0.39 is 10.0 Å². The van der Waals surface area contributed by atoms with Gasteiger partial charge in [0, 0.05) is 24.2 Å². The van der Waals surface area contributed by atoms with Gasteiger partial charge in [0.2, 0.25) is 10.0 Å². The van der Waals surface area contributed by atoms with Gasteiger partial charge in [-0.25, -0.2) is 13.1 Å². The molecule has 7 heteroatoms. The lowest BCUT2D eigenvalue weighted by molar-refractivity contribution is 0.0951. The molecule has 1 unspecified atom stereocenters. The highest BCUT2D eigenvalue weighted by atomic mass is 32.2. The first-order valence-corrected chi connectivity index (χ1v) is 9.65. The second-order valence-corrected chi connectivity index (χ2v) is 7.86. The Morgan fingerprint density at radius 3 is 2.32 bits per heavy atom. The Balaban J connectivity index is 1.59. The summed E-state index contributed by atoms with van der Waals surface area (Å²) < 4.78 is 26.8. The zero-order valence-electron chi connectivity index (χ0n) is 13.7. The predicted molar refractivity (Wildman–Crippen MR) is 95.5 cm³/mol. The fourth-order valence-corrected chi connectivity index (χ4v) is 3.70. The van der Waals surface area contributed by atoms with Crippen LogP contribution in [0.15, 0.2) is 59.5 Å². The second kappa shape index (κ2) is 7.35. The normalized spacial score (nSPS) is 15.6. The highest BCUT2D eigenvalue weighted by Crippen LogP contribution is 2.22. The van der Waals surface area contributed by atoms with Gasteiger partial charge >= 0.3 is 0 Å². The Labute approximate surface area is 147 Å². The van der Waals surface area contributed by atoms with E-state index in [0.29, 0.717) is 12.1 Å². The summed E-state index contributed by atoms with van der Waals surface area (Å²) in [4.78, 5) is 12.4. The molecule has 2 aromatic carbocycles. The summed E-state index contributed by atoms with van der Waals surface area (Å²) in [6, 6.07) is 15.1. The van der Waals surface area contributed by atoms with Gasteiger partial charge in [-0.15, -0.1) is 0 Å². The third-order valence-electron chi connectivity index (χ3n) is 4.04. The molecule has 132 valence electrons. The van der Waals surface area contributed by atoms with E-state index in [1.807, 2.05) is 30.3 Å². The minimum atomic E-state index is -3.50. The molecule has 0 aromatic heterocycles. The number of carbonyl (C=O) groups excluding carboxylic acids is 1. The van der Waals surface area contributed by atoms with E-state index in [0.717, 1.165) is 18.4 Å². The van der Waals surface area contributed by atoms with Crippen molar-refractivity contribution < 1.29 is 13.2 Å². The molecule has 0 aliphatic heterocycles. The Bertz CT molecular complexity index is 832. The molecule has 0 spiro atoms. The molecule has 1 amide bonds. The molecule has 1 aliphatic rings. The summed E-state index contributed by atoms with van der Waals surface area (Å²) in [5, 5.41) is 2.77. The van der Waals surface area contributed by atoms with Crippen LogP contribution in [-0.4, -0.2) is 26.9 Å². The van der Waals surface area contributed by atoms with Crippen molar-refractivity contribution in [3.05, 3.63) is 65.7 Å². The Morgan fingerprint density at radius 1 is 1.08 bits per heavy atom. The maximum Gasteiger partial charge on any atom is 0.251 e. The van der Waals surface area contributed by atoms with Crippen molar-refractivity contribution in [3.63, 3.8) is 0 Å². The third kappa shape index (κ3) is 4.66. The fraction of sp³-hybridized carbons (Fsp3) is 0.278. The number of nitrogens with two attached hydrogens (primary N) is 1. The van der Waals surface area contributed by atoms with Crippen molar-refractivity contribution in [2.75, 3.05) is 6.54 Å². The van der Waals surface area contributed by atoms with E-state index in [4.69, 9.17) is 5.73 Å². The van der Waals surface area contributed by atoms with E-state index in [1.165, 1.54) is 24.3 Å². The number of benzene rings is 2. The standard InChI is InChI=1S/C18H21N3O3S/c19-17(13-4-2-1-3-5-13)12-20-18(22)14-6-10-16(11-7-14)25(23,24)21-15-8-9-15/h1-7,10-11,15,17,21H,8-9,12,19H2,(H,20,22). The van der Waals surface area contributed by atoms with Gasteiger partial charge in [0.1, 0.15) is 0 Å². The summed E-state index contributed by atoms with van der Waals surface area (Å²) in [6.07, 6.45) is 1.75. The van der Waals surface area contributed by atoms with Gasteiger partial charge in [-0.2, -0.15) is 0 Å². The van der Waals surface area contributed by atoms with Crippen LogP contribution >= 0.6 is 0 Å². The SMILES string of the molecule is NC(CNC(=O)c1ccc(S(=O)(=O)NC2CC2)cc1)c1ccccc1. The van der Waals surface area contributed by atoms with Crippen LogP contribution in [0.25, 0.3) is 0 Å². The van der Waals surface area contributed by atoms with Crippen molar-refractivity contribution in [1.82, 2.24) is 10.0 Å². The Morgan fingerprint density at radius 2 is 1.72 bits per heavy atom. The highest BCUT2D eigenvalue weighted by molar-refractivity contribution is 7.89. The average Bonchev–Trinajstić information content (AvgIpc) is 3.43. The van der Waals surface area contributed by atoms with Crippen molar-refractivity contribution >= 4 is 15.9 Å². The molecule has 25 heavy (non-hydrogen) atoms. The molecule has 0 radical (unpaired) electrons. The summed E-state index contributed by atoms with van der Waals surface area (Å²) >= 11 is 0. The van der Waals surface area contributed by atoms with Crippen LogP contribution in [0.2, 0.25) is 0 Å². The smallest absolute Gasteiger partial charge is 0.251 e. The van der Waals surface area contributed by atoms with Gasteiger partial charge in [0.15, 0.2) is 0 Å². The lowest BCUT2D eigenvalue weighted by Gasteiger charge is -2.13. The van der Waals surface area contributed by atoms with Crippen LogP contribution in [0.4, 0.5) is 0 Å². The molecule has 6 nitrogen and oxygen atoms in total. The maximum atomic E-state index is 12.2. The van der Waals surface area contributed by atoms with Gasteiger partial charge in [-0.05, 0) is 42.7 Å². The van der Waals surface area contributed by atoms with Gasteiger partial charge in [0.05, 0.1) is 4.90 Å². The molecule has 4 N–H and O–H groups in total. The molecular formula is C18H21N3O3S. The number of amides is 1. The van der Waals surface area contributed by atoms with Crippen LogP contribution in [0, 0.1) is 0 Å².